The topological polar surface area (TPSA) is 35.8 Å². The Morgan fingerprint density at radius 3 is 2.62 bits per heavy atom. The van der Waals surface area contributed by atoms with E-state index in [1.807, 2.05) is 36.4 Å². The van der Waals surface area contributed by atoms with E-state index in [2.05, 4.69) is 5.10 Å². The van der Waals surface area contributed by atoms with Crippen LogP contribution in [0.4, 0.5) is 10.1 Å². The molecule has 2 aromatic carbocycles. The molecule has 0 aromatic heterocycles. The third-order valence-electron chi connectivity index (χ3n) is 3.68. The van der Waals surface area contributed by atoms with Crippen molar-refractivity contribution in [2.75, 3.05) is 11.6 Å². The molecular weight excluding hydrogens is 267 g/mol. The molecule has 108 valence electrons. The summed E-state index contributed by atoms with van der Waals surface area (Å²) < 4.78 is 13.4. The van der Waals surface area contributed by atoms with Crippen molar-refractivity contribution >= 4 is 11.4 Å². The molecule has 1 aliphatic heterocycles. The third-order valence-corrected chi connectivity index (χ3v) is 3.68. The number of hydrazone groups is 1. The summed E-state index contributed by atoms with van der Waals surface area (Å²) in [5, 5.41) is 16.2. The highest BCUT2D eigenvalue weighted by atomic mass is 19.1. The Morgan fingerprint density at radius 1 is 1.19 bits per heavy atom. The highest BCUT2D eigenvalue weighted by Crippen LogP contribution is 2.30. The second kappa shape index (κ2) is 5.66. The standard InChI is InChI=1S/C17H17FN2O/c1-12(21)17-16(13-6-3-2-4-7-13)11-20(19-17)15-9-5-8-14(18)10-15/h2-10,12,16,21H,11H2,1H3. The average Bonchev–Trinajstić information content (AvgIpc) is 2.93. The minimum atomic E-state index is -0.631. The van der Waals surface area contributed by atoms with E-state index >= 15 is 0 Å². The van der Waals surface area contributed by atoms with Gasteiger partial charge in [-0.3, -0.25) is 5.01 Å². The number of anilines is 1. The van der Waals surface area contributed by atoms with Crippen LogP contribution >= 0.6 is 0 Å². The third kappa shape index (κ3) is 2.81. The fourth-order valence-electron chi connectivity index (χ4n) is 2.65. The lowest BCUT2D eigenvalue weighted by Crippen LogP contribution is -2.23. The van der Waals surface area contributed by atoms with Gasteiger partial charge in [-0.25, -0.2) is 4.39 Å². The first-order valence-corrected chi connectivity index (χ1v) is 6.99. The first kappa shape index (κ1) is 13.8. The molecule has 0 bridgehead atoms. The quantitative estimate of drug-likeness (QED) is 0.939. The maximum atomic E-state index is 13.4. The molecular formula is C17H17FN2O. The van der Waals surface area contributed by atoms with Crippen LogP contribution in [0.15, 0.2) is 59.7 Å². The van der Waals surface area contributed by atoms with E-state index in [1.54, 1.807) is 18.0 Å². The largest absolute Gasteiger partial charge is 0.387 e. The first-order chi connectivity index (χ1) is 10.1. The maximum absolute atomic E-state index is 13.4. The number of halogens is 1. The van der Waals surface area contributed by atoms with Gasteiger partial charge in [0.25, 0.3) is 0 Å². The number of hydrogen-bond acceptors (Lipinski definition) is 3. The molecule has 2 aromatic rings. The van der Waals surface area contributed by atoms with Crippen LogP contribution in [0.2, 0.25) is 0 Å². The van der Waals surface area contributed by atoms with Gasteiger partial charge < -0.3 is 5.11 Å². The Balaban J connectivity index is 1.94. The SMILES string of the molecule is CC(O)C1=NN(c2cccc(F)c2)CC1c1ccccc1. The molecule has 2 unspecified atom stereocenters. The van der Waals surface area contributed by atoms with E-state index in [4.69, 9.17) is 0 Å². The molecule has 1 heterocycles. The van der Waals surface area contributed by atoms with Crippen molar-refractivity contribution < 1.29 is 9.50 Å². The van der Waals surface area contributed by atoms with Crippen molar-refractivity contribution in [2.45, 2.75) is 18.9 Å². The lowest BCUT2D eigenvalue weighted by Gasteiger charge is -2.17. The smallest absolute Gasteiger partial charge is 0.125 e. The number of hydrogen-bond donors (Lipinski definition) is 1. The van der Waals surface area contributed by atoms with Crippen molar-refractivity contribution in [1.29, 1.82) is 0 Å². The minimum absolute atomic E-state index is 0.0227. The molecule has 1 N–H and O–H groups in total. The zero-order valence-corrected chi connectivity index (χ0v) is 11.8. The van der Waals surface area contributed by atoms with Gasteiger partial charge in [0, 0.05) is 5.92 Å². The summed E-state index contributed by atoms with van der Waals surface area (Å²) in [5.41, 5.74) is 2.52. The Hall–Kier alpha value is -2.20. The molecule has 21 heavy (non-hydrogen) atoms. The molecule has 0 radical (unpaired) electrons. The van der Waals surface area contributed by atoms with E-state index in [0.717, 1.165) is 5.56 Å². The van der Waals surface area contributed by atoms with Gasteiger partial charge in [0.15, 0.2) is 0 Å². The predicted molar refractivity (Wildman–Crippen MR) is 82.0 cm³/mol. The van der Waals surface area contributed by atoms with E-state index in [0.29, 0.717) is 17.9 Å². The van der Waals surface area contributed by atoms with Gasteiger partial charge in [-0.05, 0) is 30.7 Å². The van der Waals surface area contributed by atoms with Gasteiger partial charge in [-0.1, -0.05) is 36.4 Å². The molecule has 0 saturated heterocycles. The average molecular weight is 284 g/mol. The second-order valence-electron chi connectivity index (χ2n) is 5.23. The number of aliphatic hydroxyl groups is 1. The zero-order chi connectivity index (χ0) is 14.8. The van der Waals surface area contributed by atoms with Crippen LogP contribution in [0.25, 0.3) is 0 Å². The number of rotatable bonds is 3. The van der Waals surface area contributed by atoms with Crippen LogP contribution in [0, 0.1) is 5.82 Å². The van der Waals surface area contributed by atoms with Crippen molar-refractivity contribution in [1.82, 2.24) is 0 Å². The van der Waals surface area contributed by atoms with Crippen molar-refractivity contribution in [3.63, 3.8) is 0 Å². The molecule has 2 atom stereocenters. The van der Waals surface area contributed by atoms with Crippen LogP contribution in [0.1, 0.15) is 18.4 Å². The van der Waals surface area contributed by atoms with Crippen LogP contribution in [0.5, 0.6) is 0 Å². The van der Waals surface area contributed by atoms with Crippen LogP contribution in [0.3, 0.4) is 0 Å². The van der Waals surface area contributed by atoms with Crippen LogP contribution in [-0.2, 0) is 0 Å². The molecule has 0 saturated carbocycles. The van der Waals surface area contributed by atoms with Gasteiger partial charge in [0.2, 0.25) is 0 Å². The van der Waals surface area contributed by atoms with Crippen LogP contribution in [-0.4, -0.2) is 23.5 Å². The Bertz CT molecular complexity index is 655. The fraction of sp³-hybridized carbons (Fsp3) is 0.235. The monoisotopic (exact) mass is 284 g/mol. The molecule has 0 fully saturated rings. The lowest BCUT2D eigenvalue weighted by molar-refractivity contribution is 0.259. The highest BCUT2D eigenvalue weighted by molar-refractivity contribution is 5.97. The number of aliphatic hydroxyl groups excluding tert-OH is 1. The molecule has 0 aliphatic carbocycles. The Morgan fingerprint density at radius 2 is 1.95 bits per heavy atom. The Labute approximate surface area is 123 Å². The molecule has 3 rings (SSSR count). The van der Waals surface area contributed by atoms with Crippen molar-refractivity contribution in [2.24, 2.45) is 5.10 Å². The second-order valence-corrected chi connectivity index (χ2v) is 5.23. The van der Waals surface area contributed by atoms with Crippen molar-refractivity contribution in [3.05, 3.63) is 66.0 Å². The lowest BCUT2D eigenvalue weighted by atomic mass is 9.92. The molecule has 0 amide bonds. The van der Waals surface area contributed by atoms with E-state index in [9.17, 15) is 9.50 Å². The van der Waals surface area contributed by atoms with E-state index in [1.165, 1.54) is 12.1 Å². The zero-order valence-electron chi connectivity index (χ0n) is 11.8. The van der Waals surface area contributed by atoms with Crippen LogP contribution < -0.4 is 5.01 Å². The van der Waals surface area contributed by atoms with Crippen molar-refractivity contribution in [3.8, 4) is 0 Å². The van der Waals surface area contributed by atoms with E-state index < -0.39 is 6.10 Å². The van der Waals surface area contributed by atoms with Gasteiger partial charge >= 0.3 is 0 Å². The molecule has 1 aliphatic rings. The highest BCUT2D eigenvalue weighted by Gasteiger charge is 2.31. The van der Waals surface area contributed by atoms with Gasteiger partial charge in [0.05, 0.1) is 24.0 Å². The van der Waals surface area contributed by atoms with E-state index in [-0.39, 0.29) is 11.7 Å². The Kier molecular flexibility index (Phi) is 3.71. The molecule has 0 spiro atoms. The predicted octanol–water partition coefficient (Wildman–Crippen LogP) is 3.17. The van der Waals surface area contributed by atoms with Gasteiger partial charge in [0.1, 0.15) is 5.82 Å². The van der Waals surface area contributed by atoms with Gasteiger partial charge in [-0.2, -0.15) is 5.10 Å². The maximum Gasteiger partial charge on any atom is 0.125 e. The molecule has 4 heteroatoms. The summed E-state index contributed by atoms with van der Waals surface area (Å²) in [6, 6.07) is 16.3. The summed E-state index contributed by atoms with van der Waals surface area (Å²) in [7, 11) is 0. The summed E-state index contributed by atoms with van der Waals surface area (Å²) in [4.78, 5) is 0. The van der Waals surface area contributed by atoms with Gasteiger partial charge in [-0.15, -0.1) is 0 Å². The fourth-order valence-corrected chi connectivity index (χ4v) is 2.65. The minimum Gasteiger partial charge on any atom is -0.387 e. The normalized spacial score (nSPS) is 19.5. The number of benzene rings is 2. The number of nitrogens with zero attached hydrogens (tertiary/aromatic N) is 2. The summed E-state index contributed by atoms with van der Waals surface area (Å²) in [6.07, 6.45) is -0.631. The molecule has 3 nitrogen and oxygen atoms in total. The first-order valence-electron chi connectivity index (χ1n) is 6.99. The summed E-state index contributed by atoms with van der Waals surface area (Å²) in [6.45, 7) is 2.32. The summed E-state index contributed by atoms with van der Waals surface area (Å²) in [5.74, 6) is -0.265. The summed E-state index contributed by atoms with van der Waals surface area (Å²) >= 11 is 0.